The van der Waals surface area contributed by atoms with Crippen LogP contribution >= 0.6 is 11.6 Å². The van der Waals surface area contributed by atoms with Crippen molar-refractivity contribution >= 4 is 17.6 Å². The van der Waals surface area contributed by atoms with Gasteiger partial charge >= 0.3 is 5.97 Å². The summed E-state index contributed by atoms with van der Waals surface area (Å²) in [6, 6.07) is 7.14. The van der Waals surface area contributed by atoms with Crippen molar-refractivity contribution in [3.63, 3.8) is 0 Å². The Kier molecular flexibility index (Phi) is 4.25. The topological polar surface area (TPSA) is 59.3 Å². The molecule has 0 saturated heterocycles. The molecule has 20 heavy (non-hydrogen) atoms. The lowest BCUT2D eigenvalue weighted by Gasteiger charge is -2.08. The summed E-state index contributed by atoms with van der Waals surface area (Å²) >= 11 is 5.82. The molecule has 5 heteroatoms. The van der Waals surface area contributed by atoms with Crippen LogP contribution < -0.4 is 5.43 Å². The number of aromatic carboxylic acids is 1. The van der Waals surface area contributed by atoms with Crippen molar-refractivity contribution in [2.75, 3.05) is 0 Å². The van der Waals surface area contributed by atoms with E-state index in [9.17, 15) is 9.59 Å². The Morgan fingerprint density at radius 2 is 1.90 bits per heavy atom. The van der Waals surface area contributed by atoms with E-state index in [1.165, 1.54) is 6.20 Å². The molecule has 0 spiro atoms. The molecule has 1 aromatic heterocycles. The van der Waals surface area contributed by atoms with Crippen LogP contribution in [0.2, 0.25) is 5.02 Å². The van der Waals surface area contributed by atoms with Gasteiger partial charge in [-0.3, -0.25) is 4.79 Å². The molecule has 1 heterocycles. The van der Waals surface area contributed by atoms with Crippen molar-refractivity contribution in [3.05, 3.63) is 68.6 Å². The van der Waals surface area contributed by atoms with E-state index in [1.54, 1.807) is 22.9 Å². The fourth-order valence-electron chi connectivity index (χ4n) is 1.98. The number of carboxylic acid groups (broad SMARTS) is 1. The Bertz CT molecular complexity index is 689. The van der Waals surface area contributed by atoms with Crippen LogP contribution in [0.3, 0.4) is 0 Å². The Morgan fingerprint density at radius 1 is 1.25 bits per heavy atom. The molecule has 0 saturated carbocycles. The van der Waals surface area contributed by atoms with E-state index >= 15 is 0 Å². The number of hydrogen-bond acceptors (Lipinski definition) is 2. The van der Waals surface area contributed by atoms with Gasteiger partial charge in [-0.1, -0.05) is 23.7 Å². The van der Waals surface area contributed by atoms with Crippen LogP contribution in [0, 0.1) is 0 Å². The molecule has 0 aliphatic heterocycles. The number of benzene rings is 1. The molecule has 0 aliphatic carbocycles. The van der Waals surface area contributed by atoms with Crippen molar-refractivity contribution in [3.8, 4) is 0 Å². The van der Waals surface area contributed by atoms with Gasteiger partial charge in [-0.25, -0.2) is 4.79 Å². The molecule has 2 rings (SSSR count). The molecule has 0 bridgehead atoms. The molecule has 0 aliphatic rings. The van der Waals surface area contributed by atoms with Gasteiger partial charge in [0, 0.05) is 35.9 Å². The normalized spacial score (nSPS) is 10.5. The molecule has 4 nitrogen and oxygen atoms in total. The zero-order valence-electron chi connectivity index (χ0n) is 11.0. The zero-order chi connectivity index (χ0) is 14.7. The van der Waals surface area contributed by atoms with Crippen LogP contribution in [0.1, 0.15) is 28.4 Å². The maximum absolute atomic E-state index is 12.1. The van der Waals surface area contributed by atoms with Crippen molar-refractivity contribution in [2.45, 2.75) is 19.9 Å². The maximum Gasteiger partial charge on any atom is 0.341 e. The first-order valence-electron chi connectivity index (χ1n) is 6.22. The largest absolute Gasteiger partial charge is 0.477 e. The van der Waals surface area contributed by atoms with E-state index in [0.717, 1.165) is 5.56 Å². The van der Waals surface area contributed by atoms with E-state index in [2.05, 4.69) is 0 Å². The van der Waals surface area contributed by atoms with E-state index in [4.69, 9.17) is 16.7 Å². The molecule has 2 aromatic rings. The predicted octanol–water partition coefficient (Wildman–Crippen LogP) is 2.81. The monoisotopic (exact) mass is 291 g/mol. The van der Waals surface area contributed by atoms with E-state index < -0.39 is 11.4 Å². The summed E-state index contributed by atoms with van der Waals surface area (Å²) < 4.78 is 1.70. The summed E-state index contributed by atoms with van der Waals surface area (Å²) in [7, 11) is 0. The average molecular weight is 292 g/mol. The lowest BCUT2D eigenvalue weighted by Crippen LogP contribution is -2.21. The first kappa shape index (κ1) is 14.3. The Morgan fingerprint density at radius 3 is 2.45 bits per heavy atom. The van der Waals surface area contributed by atoms with Crippen LogP contribution in [-0.2, 0) is 13.0 Å². The molecule has 1 N–H and O–H groups in total. The third kappa shape index (κ3) is 3.08. The van der Waals surface area contributed by atoms with Gasteiger partial charge in [-0.05, 0) is 24.6 Å². The number of carboxylic acids is 1. The van der Waals surface area contributed by atoms with Crippen LogP contribution in [0.5, 0.6) is 0 Å². The summed E-state index contributed by atoms with van der Waals surface area (Å²) in [4.78, 5) is 23.2. The highest BCUT2D eigenvalue weighted by Gasteiger charge is 2.13. The van der Waals surface area contributed by atoms with E-state index in [-0.39, 0.29) is 5.56 Å². The quantitative estimate of drug-likeness (QED) is 0.942. The molecule has 0 fully saturated rings. The molecule has 0 atom stereocenters. The van der Waals surface area contributed by atoms with Gasteiger partial charge in [0.2, 0.25) is 0 Å². The highest BCUT2D eigenvalue weighted by Crippen LogP contribution is 2.12. The standard InChI is InChI=1S/C15H14ClNO3/c1-2-17-8-11(14(18)13(9-17)15(19)20)7-10-3-5-12(16)6-4-10/h3-6,8-9H,2,7H2,1H3,(H,19,20). The lowest BCUT2D eigenvalue weighted by molar-refractivity contribution is 0.0694. The lowest BCUT2D eigenvalue weighted by atomic mass is 10.0. The van der Waals surface area contributed by atoms with Gasteiger partial charge in [0.1, 0.15) is 5.56 Å². The number of hydrogen-bond donors (Lipinski definition) is 1. The minimum absolute atomic E-state index is 0.196. The second kappa shape index (κ2) is 5.92. The third-order valence-electron chi connectivity index (χ3n) is 3.06. The SMILES string of the molecule is CCn1cc(Cc2ccc(Cl)cc2)c(=O)c(C(=O)O)c1. The van der Waals surface area contributed by atoms with Gasteiger partial charge in [0.25, 0.3) is 0 Å². The van der Waals surface area contributed by atoms with Gasteiger partial charge in [0.15, 0.2) is 5.43 Å². The highest BCUT2D eigenvalue weighted by atomic mass is 35.5. The predicted molar refractivity (Wildman–Crippen MR) is 77.6 cm³/mol. The van der Waals surface area contributed by atoms with Gasteiger partial charge in [0.05, 0.1) is 0 Å². The van der Waals surface area contributed by atoms with Gasteiger partial charge < -0.3 is 9.67 Å². The van der Waals surface area contributed by atoms with Crippen molar-refractivity contribution in [2.24, 2.45) is 0 Å². The minimum Gasteiger partial charge on any atom is -0.477 e. The third-order valence-corrected chi connectivity index (χ3v) is 3.31. The van der Waals surface area contributed by atoms with Crippen LogP contribution in [0.25, 0.3) is 0 Å². The Labute approximate surface area is 121 Å². The minimum atomic E-state index is -1.20. The summed E-state index contributed by atoms with van der Waals surface area (Å²) in [5, 5.41) is 9.71. The summed E-state index contributed by atoms with van der Waals surface area (Å²) in [6.45, 7) is 2.50. The van der Waals surface area contributed by atoms with E-state index in [0.29, 0.717) is 23.6 Å². The zero-order valence-corrected chi connectivity index (χ0v) is 11.7. The average Bonchev–Trinajstić information content (AvgIpc) is 2.43. The van der Waals surface area contributed by atoms with Crippen molar-refractivity contribution < 1.29 is 9.90 Å². The number of halogens is 1. The molecule has 0 radical (unpaired) electrons. The molecular weight excluding hydrogens is 278 g/mol. The Hall–Kier alpha value is -2.07. The number of pyridine rings is 1. The van der Waals surface area contributed by atoms with Gasteiger partial charge in [-0.2, -0.15) is 0 Å². The van der Waals surface area contributed by atoms with E-state index in [1.807, 2.05) is 19.1 Å². The smallest absolute Gasteiger partial charge is 0.341 e. The Balaban J connectivity index is 2.45. The first-order valence-corrected chi connectivity index (χ1v) is 6.59. The number of rotatable bonds is 4. The summed E-state index contributed by atoms with van der Waals surface area (Å²) in [5.74, 6) is -1.20. The molecule has 1 aromatic carbocycles. The van der Waals surface area contributed by atoms with Gasteiger partial charge in [-0.15, -0.1) is 0 Å². The number of carbonyl (C=O) groups is 1. The fraction of sp³-hybridized carbons (Fsp3) is 0.200. The first-order chi connectivity index (χ1) is 9.51. The summed E-state index contributed by atoms with van der Waals surface area (Å²) in [5.41, 5.74) is 0.751. The second-order valence-corrected chi connectivity index (χ2v) is 4.90. The number of nitrogens with zero attached hydrogens (tertiary/aromatic N) is 1. The molecule has 104 valence electrons. The maximum atomic E-state index is 12.1. The fourth-order valence-corrected chi connectivity index (χ4v) is 2.10. The molecule has 0 unspecified atom stereocenters. The van der Waals surface area contributed by atoms with Crippen LogP contribution in [0.4, 0.5) is 0 Å². The number of aryl methyl sites for hydroxylation is 1. The van der Waals surface area contributed by atoms with Crippen molar-refractivity contribution in [1.82, 2.24) is 4.57 Å². The van der Waals surface area contributed by atoms with Crippen LogP contribution in [-0.4, -0.2) is 15.6 Å². The molecular formula is C15H14ClNO3. The van der Waals surface area contributed by atoms with Crippen molar-refractivity contribution in [1.29, 1.82) is 0 Å². The second-order valence-electron chi connectivity index (χ2n) is 4.47. The number of aromatic nitrogens is 1. The summed E-state index contributed by atoms with van der Waals surface area (Å²) in [6.07, 6.45) is 3.45. The molecule has 0 amide bonds. The van der Waals surface area contributed by atoms with Crippen LogP contribution in [0.15, 0.2) is 41.5 Å². The highest BCUT2D eigenvalue weighted by molar-refractivity contribution is 6.30.